The zero-order chi connectivity index (χ0) is 79.4. The molecule has 3 heterocycles. The molecule has 1 aromatic heterocycles. The van der Waals surface area contributed by atoms with Gasteiger partial charge in [0.1, 0.15) is 72.8 Å². The van der Waals surface area contributed by atoms with E-state index in [2.05, 4.69) is 73.7 Å². The Hall–Kier alpha value is -9.82. The van der Waals surface area contributed by atoms with Crippen molar-refractivity contribution < 1.29 is 76.9 Å². The average Bonchev–Trinajstić information content (AvgIpc) is 1.61. The number of rotatable bonds is 32. The zero-order valence-electron chi connectivity index (χ0n) is 62.0. The first kappa shape index (κ1) is 87.8. The molecule has 13 amide bonds. The number of nitrogens with one attached hydrogen (secondary N) is 13. The summed E-state index contributed by atoms with van der Waals surface area (Å²) >= 11 is 0. The molecule has 0 radical (unpaired) electrons. The minimum Gasteiger partial charge on any atom is -0.391 e. The molecule has 107 heavy (non-hydrogen) atoms. The number of anilines is 1. The van der Waals surface area contributed by atoms with Crippen molar-refractivity contribution in [3.05, 3.63) is 88.0 Å². The summed E-state index contributed by atoms with van der Waals surface area (Å²) in [6, 6.07) is -3.82. The molecule has 0 unspecified atom stereocenters. The third kappa shape index (κ3) is 25.7. The highest BCUT2D eigenvalue weighted by molar-refractivity contribution is 6.36. The molecule has 3 aromatic rings. The van der Waals surface area contributed by atoms with Crippen molar-refractivity contribution in [3.8, 4) is 0 Å². The summed E-state index contributed by atoms with van der Waals surface area (Å²) in [4.78, 5) is 191. The second-order valence-corrected chi connectivity index (χ2v) is 26.8. The minimum absolute atomic E-state index is 0.0147. The van der Waals surface area contributed by atoms with Crippen LogP contribution >= 0.6 is 0 Å². The van der Waals surface area contributed by atoms with Crippen molar-refractivity contribution in [2.24, 2.45) is 34.6 Å². The molecular formula is C71H109FN20O15. The maximum absolute atomic E-state index is 15.0. The van der Waals surface area contributed by atoms with E-state index < -0.39 is 169 Å². The van der Waals surface area contributed by atoms with Gasteiger partial charge in [-0.2, -0.15) is 0 Å². The summed E-state index contributed by atoms with van der Waals surface area (Å²) in [5.41, 5.74) is 32.2. The van der Waals surface area contributed by atoms with Crippen molar-refractivity contribution in [3.63, 3.8) is 0 Å². The van der Waals surface area contributed by atoms with Gasteiger partial charge in [0.2, 0.25) is 65.0 Å². The first-order valence-electron chi connectivity index (χ1n) is 36.1. The SMILES string of the molecule is CCN(CC)CCNC(=O)c1c(C)[nH]c(/C=C2\C(=O)N(CC(=O)N[C@@H](CCN)C(=O)N[C@H](C(=O)N[C@@H](CCN)C(=O)N[C@H]3CCNC(=O)[C@H]([C@@H](C)O)NC(=O)[C@H](CCN)NC(=O)[C@H](CCN)NC(=O)[C@H](CC(C)C)NC(=O)[C@@H](Cc4ccccc4)NC(=O)[C@H](CCN)NC3=O)[C@@H](C)O)c3ccc(F)cc32)c1C. The van der Waals surface area contributed by atoms with Crippen molar-refractivity contribution in [1.82, 2.24) is 73.7 Å². The third-order valence-corrected chi connectivity index (χ3v) is 18.1. The van der Waals surface area contributed by atoms with Crippen LogP contribution in [0.2, 0.25) is 0 Å². The predicted octanol–water partition coefficient (Wildman–Crippen LogP) is -5.11. The number of carbonyl (C=O) groups is 13. The minimum atomic E-state index is -1.89. The second kappa shape index (κ2) is 43.1. The number of H-pyrrole nitrogens is 1. The molecule has 25 N–H and O–H groups in total. The molecule has 1 saturated heterocycles. The van der Waals surface area contributed by atoms with Crippen LogP contribution in [0.4, 0.5) is 10.1 Å². The van der Waals surface area contributed by atoms with E-state index in [4.69, 9.17) is 28.7 Å². The first-order chi connectivity index (χ1) is 50.8. The Bertz CT molecular complexity index is 3630. The number of likely N-dealkylation sites (N-methyl/N-ethyl adjacent to an activating group) is 1. The molecule has 1 fully saturated rings. The number of hydrogen-bond acceptors (Lipinski definition) is 21. The van der Waals surface area contributed by atoms with Crippen LogP contribution < -0.4 is 97.4 Å². The van der Waals surface area contributed by atoms with Gasteiger partial charge in [0.05, 0.1) is 29.0 Å². The Balaban J connectivity index is 1.42. The highest BCUT2D eigenvalue weighted by Crippen LogP contribution is 2.39. The Labute approximate surface area is 621 Å². The lowest BCUT2D eigenvalue weighted by atomic mass is 10.00. The Morgan fingerprint density at radius 2 is 1.20 bits per heavy atom. The molecule has 35 nitrogen and oxygen atoms in total. The highest BCUT2D eigenvalue weighted by Gasteiger charge is 2.40. The Morgan fingerprint density at radius 3 is 1.75 bits per heavy atom. The van der Waals surface area contributed by atoms with E-state index in [9.17, 15) is 76.9 Å². The van der Waals surface area contributed by atoms with Crippen LogP contribution in [0.1, 0.15) is 125 Å². The van der Waals surface area contributed by atoms with Crippen LogP contribution in [-0.2, 0) is 64.0 Å². The molecule has 590 valence electrons. The fourth-order valence-electron chi connectivity index (χ4n) is 12.2. The normalized spacial score (nSPS) is 21.3. The summed E-state index contributed by atoms with van der Waals surface area (Å²) in [5, 5.41) is 52.7. The number of aromatic amines is 1. The van der Waals surface area contributed by atoms with E-state index in [1.165, 1.54) is 19.1 Å². The van der Waals surface area contributed by atoms with Gasteiger partial charge in [0.25, 0.3) is 11.8 Å². The quantitative estimate of drug-likeness (QED) is 0.0260. The Kier molecular flexibility index (Phi) is 35.4. The topological polar surface area (TPSA) is 559 Å². The van der Waals surface area contributed by atoms with Crippen LogP contribution in [0, 0.1) is 25.6 Å². The number of amides is 13. The van der Waals surface area contributed by atoms with Crippen LogP contribution in [0.15, 0.2) is 48.5 Å². The van der Waals surface area contributed by atoms with Crippen molar-refractivity contribution >= 4 is 94.1 Å². The summed E-state index contributed by atoms with van der Waals surface area (Å²) in [5.74, 6) is -12.9. The third-order valence-electron chi connectivity index (χ3n) is 18.1. The summed E-state index contributed by atoms with van der Waals surface area (Å²) in [7, 11) is 0. The maximum atomic E-state index is 15.0. The van der Waals surface area contributed by atoms with Crippen LogP contribution in [-0.4, -0.2) is 242 Å². The molecule has 5 rings (SSSR count). The number of nitrogens with zero attached hydrogens (tertiary/aromatic N) is 2. The molecule has 0 saturated carbocycles. The molecule has 2 aliphatic rings. The maximum Gasteiger partial charge on any atom is 0.259 e. The number of fused-ring (bicyclic) bond motifs is 1. The lowest BCUT2D eigenvalue weighted by molar-refractivity contribution is -0.137. The number of benzene rings is 2. The van der Waals surface area contributed by atoms with Crippen molar-refractivity contribution in [2.75, 3.05) is 76.9 Å². The predicted molar refractivity (Wildman–Crippen MR) is 395 cm³/mol. The molecule has 36 heteroatoms. The smallest absolute Gasteiger partial charge is 0.259 e. The van der Waals surface area contributed by atoms with Crippen molar-refractivity contribution in [2.45, 2.75) is 179 Å². The number of hydrogen-bond donors (Lipinski definition) is 20. The zero-order valence-corrected chi connectivity index (χ0v) is 62.0. The van der Waals surface area contributed by atoms with Gasteiger partial charge in [-0.1, -0.05) is 58.0 Å². The van der Waals surface area contributed by atoms with Gasteiger partial charge >= 0.3 is 0 Å². The first-order valence-corrected chi connectivity index (χ1v) is 36.1. The number of halogens is 1. The second-order valence-electron chi connectivity index (χ2n) is 26.8. The van der Waals surface area contributed by atoms with E-state index in [-0.39, 0.29) is 106 Å². The monoisotopic (exact) mass is 1500 g/mol. The molecule has 12 atom stereocenters. The molecular weight excluding hydrogens is 1390 g/mol. The Morgan fingerprint density at radius 1 is 0.654 bits per heavy atom. The number of nitrogens with two attached hydrogens (primary N) is 5. The molecule has 0 spiro atoms. The van der Waals surface area contributed by atoms with Gasteiger partial charge in [0.15, 0.2) is 0 Å². The van der Waals surface area contributed by atoms with E-state index in [0.29, 0.717) is 41.2 Å². The van der Waals surface area contributed by atoms with Gasteiger partial charge in [0, 0.05) is 43.0 Å². The summed E-state index contributed by atoms with van der Waals surface area (Å²) in [6.07, 6.45) is -3.83. The summed E-state index contributed by atoms with van der Waals surface area (Å²) in [6.45, 7) is 13.5. The fraction of sp³-hybridized carbons (Fsp3) is 0.563. The average molecular weight is 1500 g/mol. The molecule has 2 aromatic carbocycles. The number of aliphatic hydroxyl groups is 2. The van der Waals surface area contributed by atoms with Crippen molar-refractivity contribution in [1.29, 1.82) is 0 Å². The lowest BCUT2D eigenvalue weighted by Crippen LogP contribution is -2.62. The fourth-order valence-corrected chi connectivity index (χ4v) is 12.2. The number of carbonyl (C=O) groups excluding carboxylic acids is 13. The van der Waals surface area contributed by atoms with Gasteiger partial charge in [-0.25, -0.2) is 4.39 Å². The molecule has 0 aliphatic carbocycles. The molecule has 2 aliphatic heterocycles. The standard InChI is InChI=1S/C71H109FN20O15/c1-9-91(10-2)31-30-79-68(104)57-38(5)52(80-39(57)6)35-45-44-34-43(72)16-17-55(44)92(71(45)107)36-56(95)81-46(18-24-73)64(100)90-59(41(8)94)70(106)86-49(21-27-76)61(97)85-51-23-29-78-69(105)58(40(7)93)89-65(101)50(22-28-77)83-60(96)47(19-25-74)84-66(102)53(32-37(3)4)87-67(103)54(33-42-14-12-11-13-15-42)88-62(98)48(20-26-75)82-63(51)99/h11-17,34-35,37,40-41,46-51,53-54,58-59,80,93-94H,9-10,18-33,36,73-77H2,1-8H3,(H,78,105)(H,79,104)(H,81,95)(H,82,99)(H,83,96)(H,84,102)(H,85,97)(H,86,106)(H,87,103)(H,88,98)(H,89,101)(H,90,100)/b45-35-/t40-,41-,46+,47+,48+,49+,50+,51+,53+,54-,58+,59+/m1/s1. The molecule has 0 bridgehead atoms. The largest absolute Gasteiger partial charge is 0.391 e. The number of aliphatic hydroxyl groups excluding tert-OH is 2. The van der Waals surface area contributed by atoms with Gasteiger partial charge in [-0.3, -0.25) is 67.2 Å². The van der Waals surface area contributed by atoms with E-state index in [0.717, 1.165) is 37.0 Å². The van der Waals surface area contributed by atoms with E-state index in [1.807, 2.05) is 13.8 Å². The van der Waals surface area contributed by atoms with Gasteiger partial charge in [-0.05, 0) is 160 Å². The van der Waals surface area contributed by atoms with E-state index >= 15 is 0 Å². The van der Waals surface area contributed by atoms with Crippen LogP contribution in [0.5, 0.6) is 0 Å². The van der Waals surface area contributed by atoms with Crippen LogP contribution in [0.25, 0.3) is 11.6 Å². The van der Waals surface area contributed by atoms with Crippen LogP contribution in [0.3, 0.4) is 0 Å². The van der Waals surface area contributed by atoms with Gasteiger partial charge < -0.3 is 113 Å². The summed E-state index contributed by atoms with van der Waals surface area (Å²) < 4.78 is 15.0. The van der Waals surface area contributed by atoms with Gasteiger partial charge in [-0.15, -0.1) is 0 Å². The number of aromatic nitrogens is 1. The number of aryl methyl sites for hydroxylation is 1. The van der Waals surface area contributed by atoms with E-state index in [1.54, 1.807) is 58.0 Å². The lowest BCUT2D eigenvalue weighted by Gasteiger charge is -2.29. The highest BCUT2D eigenvalue weighted by atomic mass is 19.1.